The molecule has 11 heavy (non-hydrogen) atoms. The van der Waals surface area contributed by atoms with E-state index in [1.165, 1.54) is 6.33 Å². The number of hydrogen-bond acceptors (Lipinski definition) is 4. The molecule has 0 aliphatic carbocycles. The van der Waals surface area contributed by atoms with Gasteiger partial charge in [-0.15, -0.1) is 0 Å². The van der Waals surface area contributed by atoms with Crippen LogP contribution in [0.3, 0.4) is 0 Å². The lowest BCUT2D eigenvalue weighted by Gasteiger charge is -1.93. The molecule has 0 spiro atoms. The van der Waals surface area contributed by atoms with E-state index in [0.29, 0.717) is 11.3 Å². The average Bonchev–Trinajstić information content (AvgIpc) is 2.35. The molecule has 2 heterocycles. The third-order valence-electron chi connectivity index (χ3n) is 1.53. The molecule has 2 rings (SSSR count). The van der Waals surface area contributed by atoms with Crippen LogP contribution in [0.1, 0.15) is 0 Å². The number of nitrogen functional groups attached to an aromatic ring is 1. The Bertz CT molecular complexity index is 395. The number of aromatic nitrogens is 4. The fraction of sp³-hybridized carbons (Fsp3) is 0. The van der Waals surface area contributed by atoms with Crippen LogP contribution >= 0.6 is 0 Å². The molecular formula is C5H7N5Si. The summed E-state index contributed by atoms with van der Waals surface area (Å²) < 4.78 is 1.94. The van der Waals surface area contributed by atoms with Gasteiger partial charge < -0.3 is 9.97 Å². The fourth-order valence-electron chi connectivity index (χ4n) is 0.964. The number of fused-ring (bicyclic) bond motifs is 1. The minimum atomic E-state index is 0.449. The van der Waals surface area contributed by atoms with E-state index in [2.05, 4.69) is 15.0 Å². The van der Waals surface area contributed by atoms with Gasteiger partial charge in [-0.05, 0) is 0 Å². The third kappa shape index (κ3) is 0.794. The summed E-state index contributed by atoms with van der Waals surface area (Å²) in [6, 6.07) is 0. The van der Waals surface area contributed by atoms with Crippen molar-refractivity contribution in [3.63, 3.8) is 0 Å². The predicted molar refractivity (Wildman–Crippen MR) is 45.1 cm³/mol. The van der Waals surface area contributed by atoms with Gasteiger partial charge in [0.1, 0.15) is 22.2 Å². The molecule has 0 saturated heterocycles. The second-order valence-electron chi connectivity index (χ2n) is 2.29. The highest BCUT2D eigenvalue weighted by molar-refractivity contribution is 6.10. The molecule has 0 fully saturated rings. The Kier molecular flexibility index (Phi) is 1.16. The molecule has 6 heteroatoms. The molecule has 0 amide bonds. The van der Waals surface area contributed by atoms with Crippen LogP contribution in [0, 0.1) is 0 Å². The molecule has 2 aromatic rings. The topological polar surface area (TPSA) is 69.6 Å². The molecule has 2 aromatic heterocycles. The van der Waals surface area contributed by atoms with E-state index in [4.69, 9.17) is 5.73 Å². The van der Waals surface area contributed by atoms with Gasteiger partial charge in [0.15, 0.2) is 11.5 Å². The highest BCUT2D eigenvalue weighted by Crippen LogP contribution is 2.11. The standard InChI is InChI=1S/C5H7N5Si/c6-4-3-5(8-1-7-4)10(11)2-9-3/h1-2H,11H3,(H2,6,7,8). The van der Waals surface area contributed by atoms with Crippen molar-refractivity contribution in [1.29, 1.82) is 0 Å². The zero-order valence-corrected chi connectivity index (χ0v) is 8.02. The Hall–Kier alpha value is -1.43. The summed E-state index contributed by atoms with van der Waals surface area (Å²) in [5.74, 6) is 0.449. The molecule has 0 atom stereocenters. The lowest BCUT2D eigenvalue weighted by Crippen LogP contribution is -1.95. The summed E-state index contributed by atoms with van der Waals surface area (Å²) in [5.41, 5.74) is 7.08. The smallest absolute Gasteiger partial charge is 0.156 e. The number of nitrogens with two attached hydrogens (primary N) is 1. The van der Waals surface area contributed by atoms with Crippen molar-refractivity contribution in [2.45, 2.75) is 0 Å². The highest BCUT2D eigenvalue weighted by Gasteiger charge is 2.02. The number of anilines is 1. The summed E-state index contributed by atoms with van der Waals surface area (Å²) in [6.07, 6.45) is 3.18. The first-order valence-electron chi connectivity index (χ1n) is 3.16. The molecule has 0 aliphatic rings. The van der Waals surface area contributed by atoms with Crippen LogP contribution in [-0.2, 0) is 0 Å². The van der Waals surface area contributed by atoms with E-state index >= 15 is 0 Å². The Labute approximate surface area is 65.8 Å². The van der Waals surface area contributed by atoms with E-state index in [9.17, 15) is 0 Å². The lowest BCUT2D eigenvalue weighted by atomic mass is 10.5. The van der Waals surface area contributed by atoms with E-state index in [0.717, 1.165) is 16.1 Å². The van der Waals surface area contributed by atoms with Crippen LogP contribution in [-0.4, -0.2) is 29.6 Å². The van der Waals surface area contributed by atoms with Gasteiger partial charge in [-0.25, -0.2) is 15.0 Å². The van der Waals surface area contributed by atoms with E-state index in [-0.39, 0.29) is 0 Å². The second-order valence-corrected chi connectivity index (χ2v) is 3.25. The van der Waals surface area contributed by atoms with Crippen molar-refractivity contribution in [1.82, 2.24) is 19.2 Å². The summed E-state index contributed by atoms with van der Waals surface area (Å²) >= 11 is 0. The Balaban J connectivity index is 2.94. The summed E-state index contributed by atoms with van der Waals surface area (Å²) in [6.45, 7) is 0. The molecule has 0 aromatic carbocycles. The number of rotatable bonds is 0. The summed E-state index contributed by atoms with van der Waals surface area (Å²) in [4.78, 5) is 11.9. The number of hydrogen-bond donors (Lipinski definition) is 1. The minimum Gasteiger partial charge on any atom is -0.382 e. The minimum absolute atomic E-state index is 0.449. The summed E-state index contributed by atoms with van der Waals surface area (Å²) in [7, 11) is 0.865. The molecule has 56 valence electrons. The van der Waals surface area contributed by atoms with Gasteiger partial charge in [0, 0.05) is 0 Å². The largest absolute Gasteiger partial charge is 0.382 e. The zero-order valence-electron chi connectivity index (χ0n) is 6.02. The zero-order chi connectivity index (χ0) is 7.84. The second kappa shape index (κ2) is 2.02. The Morgan fingerprint density at radius 3 is 2.91 bits per heavy atom. The molecular weight excluding hydrogens is 158 g/mol. The van der Waals surface area contributed by atoms with Gasteiger partial charge in [0.2, 0.25) is 0 Å². The van der Waals surface area contributed by atoms with Gasteiger partial charge in [-0.2, -0.15) is 0 Å². The normalized spacial score (nSPS) is 10.9. The van der Waals surface area contributed by atoms with Crippen molar-refractivity contribution in [2.24, 2.45) is 0 Å². The number of nitrogens with zero attached hydrogens (tertiary/aromatic N) is 4. The van der Waals surface area contributed by atoms with Crippen molar-refractivity contribution >= 4 is 27.4 Å². The van der Waals surface area contributed by atoms with Crippen LogP contribution in [0.4, 0.5) is 5.82 Å². The van der Waals surface area contributed by atoms with Crippen molar-refractivity contribution in [3.8, 4) is 0 Å². The van der Waals surface area contributed by atoms with Gasteiger partial charge in [0.05, 0.1) is 6.33 Å². The molecule has 5 nitrogen and oxygen atoms in total. The van der Waals surface area contributed by atoms with Gasteiger partial charge in [-0.3, -0.25) is 0 Å². The van der Waals surface area contributed by atoms with E-state index in [1.807, 2.05) is 4.23 Å². The molecule has 0 saturated carbocycles. The van der Waals surface area contributed by atoms with Crippen LogP contribution in [0.15, 0.2) is 12.7 Å². The number of imidazole rings is 1. The van der Waals surface area contributed by atoms with Gasteiger partial charge in [-0.1, -0.05) is 0 Å². The maximum Gasteiger partial charge on any atom is 0.156 e. The van der Waals surface area contributed by atoms with Crippen molar-refractivity contribution in [3.05, 3.63) is 12.7 Å². The van der Waals surface area contributed by atoms with E-state index < -0.39 is 0 Å². The van der Waals surface area contributed by atoms with E-state index in [1.54, 1.807) is 6.33 Å². The van der Waals surface area contributed by atoms with Crippen LogP contribution in [0.2, 0.25) is 0 Å². The molecule has 2 N–H and O–H groups in total. The monoisotopic (exact) mass is 165 g/mol. The van der Waals surface area contributed by atoms with Crippen molar-refractivity contribution < 1.29 is 0 Å². The first-order valence-corrected chi connectivity index (χ1v) is 4.06. The van der Waals surface area contributed by atoms with Crippen LogP contribution < -0.4 is 5.73 Å². The van der Waals surface area contributed by atoms with Gasteiger partial charge >= 0.3 is 0 Å². The van der Waals surface area contributed by atoms with Crippen LogP contribution in [0.5, 0.6) is 0 Å². The maximum atomic E-state index is 5.56. The molecule has 0 radical (unpaired) electrons. The first-order chi connectivity index (χ1) is 5.29. The average molecular weight is 165 g/mol. The quantitative estimate of drug-likeness (QED) is 0.484. The van der Waals surface area contributed by atoms with Crippen LogP contribution in [0.25, 0.3) is 11.2 Å². The maximum absolute atomic E-state index is 5.56. The molecule has 0 aliphatic heterocycles. The highest BCUT2D eigenvalue weighted by atomic mass is 28.2. The first kappa shape index (κ1) is 6.29. The van der Waals surface area contributed by atoms with Gasteiger partial charge in [0.25, 0.3) is 0 Å². The SMILES string of the molecule is Nc1ncnc2c1ncn2[SiH3]. The molecule has 0 bridgehead atoms. The fourth-order valence-corrected chi connectivity index (χ4v) is 1.41. The molecule has 0 unspecified atom stereocenters. The Morgan fingerprint density at radius 2 is 2.18 bits per heavy atom. The lowest BCUT2D eigenvalue weighted by molar-refractivity contribution is 1.17. The Morgan fingerprint density at radius 1 is 1.36 bits per heavy atom. The third-order valence-corrected chi connectivity index (χ3v) is 2.18. The summed E-state index contributed by atoms with van der Waals surface area (Å²) in [5, 5.41) is 0. The predicted octanol–water partition coefficient (Wildman–Crippen LogP) is -1.46. The van der Waals surface area contributed by atoms with Crippen molar-refractivity contribution in [2.75, 3.05) is 5.73 Å².